The molecule has 4 nitrogen and oxygen atoms in total. The van der Waals surface area contributed by atoms with Gasteiger partial charge in [-0.1, -0.05) is 19.1 Å². The second-order valence-corrected chi connectivity index (χ2v) is 4.82. The molecule has 19 heavy (non-hydrogen) atoms. The summed E-state index contributed by atoms with van der Waals surface area (Å²) in [5.41, 5.74) is 1.79. The highest BCUT2D eigenvalue weighted by Crippen LogP contribution is 2.22. The molecule has 0 aromatic heterocycles. The number of nitrogens with one attached hydrogen (secondary N) is 1. The summed E-state index contributed by atoms with van der Waals surface area (Å²) in [6, 6.07) is 7.65. The van der Waals surface area contributed by atoms with Crippen LogP contribution in [0.5, 0.6) is 0 Å². The predicted octanol–water partition coefficient (Wildman–Crippen LogP) is 2.23. The van der Waals surface area contributed by atoms with Crippen LogP contribution >= 0.6 is 0 Å². The SMILES string of the molecule is CCCNCc1cccc(N2C(=O)CCCC2=O)c1. The van der Waals surface area contributed by atoms with Gasteiger partial charge in [-0.25, -0.2) is 0 Å². The van der Waals surface area contributed by atoms with Gasteiger partial charge in [0.05, 0.1) is 5.69 Å². The number of hydrogen-bond acceptors (Lipinski definition) is 3. The summed E-state index contributed by atoms with van der Waals surface area (Å²) in [4.78, 5) is 25.1. The molecule has 1 heterocycles. The van der Waals surface area contributed by atoms with Crippen LogP contribution < -0.4 is 10.2 Å². The first kappa shape index (κ1) is 13.7. The van der Waals surface area contributed by atoms with Gasteiger partial charge in [-0.3, -0.25) is 14.5 Å². The Hall–Kier alpha value is -1.68. The third-order valence-corrected chi connectivity index (χ3v) is 3.20. The lowest BCUT2D eigenvalue weighted by Crippen LogP contribution is -2.40. The van der Waals surface area contributed by atoms with Crippen LogP contribution in [0.25, 0.3) is 0 Å². The van der Waals surface area contributed by atoms with E-state index in [2.05, 4.69) is 12.2 Å². The van der Waals surface area contributed by atoms with Gasteiger partial charge in [0, 0.05) is 19.4 Å². The zero-order valence-electron chi connectivity index (χ0n) is 11.3. The summed E-state index contributed by atoms with van der Waals surface area (Å²) >= 11 is 0. The summed E-state index contributed by atoms with van der Waals surface area (Å²) in [5.74, 6) is -0.176. The van der Waals surface area contributed by atoms with Crippen LogP contribution in [0.2, 0.25) is 0 Å². The Labute approximate surface area is 113 Å². The van der Waals surface area contributed by atoms with Crippen molar-refractivity contribution in [2.75, 3.05) is 11.4 Å². The van der Waals surface area contributed by atoms with Crippen LogP contribution in [0.15, 0.2) is 24.3 Å². The minimum Gasteiger partial charge on any atom is -0.313 e. The van der Waals surface area contributed by atoms with Crippen LogP contribution in [0.4, 0.5) is 5.69 Å². The van der Waals surface area contributed by atoms with Crippen LogP contribution in [0, 0.1) is 0 Å². The molecule has 0 saturated carbocycles. The minimum absolute atomic E-state index is 0.0880. The number of carbonyl (C=O) groups is 2. The van der Waals surface area contributed by atoms with Gasteiger partial charge in [-0.2, -0.15) is 0 Å². The van der Waals surface area contributed by atoms with Gasteiger partial charge in [0.15, 0.2) is 0 Å². The number of imide groups is 1. The Morgan fingerprint density at radius 2 is 1.95 bits per heavy atom. The summed E-state index contributed by atoms with van der Waals surface area (Å²) in [7, 11) is 0. The van der Waals surface area contributed by atoms with E-state index in [0.717, 1.165) is 25.1 Å². The average Bonchev–Trinajstić information content (AvgIpc) is 2.39. The zero-order chi connectivity index (χ0) is 13.7. The van der Waals surface area contributed by atoms with Crippen molar-refractivity contribution in [1.82, 2.24) is 5.32 Å². The molecular formula is C15H20N2O2. The van der Waals surface area contributed by atoms with E-state index >= 15 is 0 Å². The maximum atomic E-state index is 11.9. The maximum Gasteiger partial charge on any atom is 0.233 e. The molecule has 0 spiro atoms. The first-order valence-corrected chi connectivity index (χ1v) is 6.88. The predicted molar refractivity (Wildman–Crippen MR) is 74.8 cm³/mol. The molecule has 2 amide bonds. The van der Waals surface area contributed by atoms with E-state index in [1.807, 2.05) is 24.3 Å². The quantitative estimate of drug-likeness (QED) is 0.652. The summed E-state index contributed by atoms with van der Waals surface area (Å²) in [5, 5.41) is 3.32. The molecule has 1 aliphatic rings. The number of rotatable bonds is 5. The van der Waals surface area contributed by atoms with Gasteiger partial charge in [0.2, 0.25) is 11.8 Å². The number of benzene rings is 1. The first-order valence-electron chi connectivity index (χ1n) is 6.88. The summed E-state index contributed by atoms with van der Waals surface area (Å²) in [6.45, 7) is 3.85. The molecule has 1 aliphatic heterocycles. The van der Waals surface area contributed by atoms with Crippen molar-refractivity contribution in [2.24, 2.45) is 0 Å². The highest BCUT2D eigenvalue weighted by atomic mass is 16.2. The van der Waals surface area contributed by atoms with Gasteiger partial charge in [-0.15, -0.1) is 0 Å². The molecule has 0 aliphatic carbocycles. The molecule has 1 aromatic rings. The third kappa shape index (κ3) is 3.41. The molecule has 1 saturated heterocycles. The fraction of sp³-hybridized carbons (Fsp3) is 0.467. The standard InChI is InChI=1S/C15H20N2O2/c1-2-9-16-11-12-5-3-6-13(10-12)17-14(18)7-4-8-15(17)19/h3,5-6,10,16H,2,4,7-9,11H2,1H3. The number of anilines is 1. The Morgan fingerprint density at radius 1 is 1.21 bits per heavy atom. The van der Waals surface area contributed by atoms with Gasteiger partial charge in [0.1, 0.15) is 0 Å². The van der Waals surface area contributed by atoms with Crippen LogP contribution in [0.1, 0.15) is 38.2 Å². The lowest BCUT2D eigenvalue weighted by atomic mass is 10.1. The van der Waals surface area contributed by atoms with E-state index in [1.165, 1.54) is 4.90 Å². The highest BCUT2D eigenvalue weighted by molar-refractivity contribution is 6.16. The van der Waals surface area contributed by atoms with Crippen molar-refractivity contribution in [3.8, 4) is 0 Å². The number of amides is 2. The van der Waals surface area contributed by atoms with Crippen molar-refractivity contribution in [3.05, 3.63) is 29.8 Å². The Kier molecular flexibility index (Phi) is 4.68. The Balaban J connectivity index is 2.13. The Morgan fingerprint density at radius 3 is 2.63 bits per heavy atom. The largest absolute Gasteiger partial charge is 0.313 e. The fourth-order valence-electron chi connectivity index (χ4n) is 2.26. The molecular weight excluding hydrogens is 240 g/mol. The van der Waals surface area contributed by atoms with Gasteiger partial charge >= 0.3 is 0 Å². The van der Waals surface area contributed by atoms with Gasteiger partial charge < -0.3 is 5.32 Å². The lowest BCUT2D eigenvalue weighted by molar-refractivity contribution is -0.129. The van der Waals surface area contributed by atoms with E-state index in [4.69, 9.17) is 0 Å². The van der Waals surface area contributed by atoms with Crippen LogP contribution in [-0.4, -0.2) is 18.4 Å². The average molecular weight is 260 g/mol. The molecule has 0 radical (unpaired) electrons. The van der Waals surface area contributed by atoms with E-state index in [0.29, 0.717) is 24.9 Å². The van der Waals surface area contributed by atoms with E-state index in [1.54, 1.807) is 0 Å². The van der Waals surface area contributed by atoms with Crippen molar-refractivity contribution < 1.29 is 9.59 Å². The van der Waals surface area contributed by atoms with E-state index in [9.17, 15) is 9.59 Å². The molecule has 0 bridgehead atoms. The smallest absolute Gasteiger partial charge is 0.233 e. The van der Waals surface area contributed by atoms with Crippen molar-refractivity contribution in [1.29, 1.82) is 0 Å². The van der Waals surface area contributed by atoms with Crippen LogP contribution in [-0.2, 0) is 16.1 Å². The molecule has 0 unspecified atom stereocenters. The lowest BCUT2D eigenvalue weighted by Gasteiger charge is -2.25. The van der Waals surface area contributed by atoms with Crippen molar-refractivity contribution in [2.45, 2.75) is 39.2 Å². The zero-order valence-corrected chi connectivity index (χ0v) is 11.3. The first-order chi connectivity index (χ1) is 9.22. The molecule has 1 aromatic carbocycles. The van der Waals surface area contributed by atoms with Gasteiger partial charge in [0.25, 0.3) is 0 Å². The van der Waals surface area contributed by atoms with E-state index in [-0.39, 0.29) is 11.8 Å². The normalized spacial score (nSPS) is 15.9. The molecule has 0 atom stereocenters. The number of carbonyl (C=O) groups excluding carboxylic acids is 2. The second kappa shape index (κ2) is 6.48. The number of piperidine rings is 1. The minimum atomic E-state index is -0.0880. The Bertz CT molecular complexity index is 455. The number of nitrogens with zero attached hydrogens (tertiary/aromatic N) is 1. The molecule has 1 N–H and O–H groups in total. The topological polar surface area (TPSA) is 49.4 Å². The molecule has 2 rings (SSSR count). The van der Waals surface area contributed by atoms with Gasteiger partial charge in [-0.05, 0) is 37.1 Å². The number of hydrogen-bond donors (Lipinski definition) is 1. The molecule has 102 valence electrons. The third-order valence-electron chi connectivity index (χ3n) is 3.20. The second-order valence-electron chi connectivity index (χ2n) is 4.82. The molecule has 4 heteroatoms. The summed E-state index contributed by atoms with van der Waals surface area (Å²) < 4.78 is 0. The van der Waals surface area contributed by atoms with Crippen molar-refractivity contribution in [3.63, 3.8) is 0 Å². The van der Waals surface area contributed by atoms with Crippen LogP contribution in [0.3, 0.4) is 0 Å². The highest BCUT2D eigenvalue weighted by Gasteiger charge is 2.27. The maximum absolute atomic E-state index is 11.9. The monoisotopic (exact) mass is 260 g/mol. The summed E-state index contributed by atoms with van der Waals surface area (Å²) in [6.07, 6.45) is 2.68. The fourth-order valence-corrected chi connectivity index (χ4v) is 2.26. The molecule has 1 fully saturated rings. The van der Waals surface area contributed by atoms with Crippen molar-refractivity contribution >= 4 is 17.5 Å². The van der Waals surface area contributed by atoms with E-state index < -0.39 is 0 Å².